The van der Waals surface area contributed by atoms with Gasteiger partial charge in [-0.2, -0.15) is 0 Å². The summed E-state index contributed by atoms with van der Waals surface area (Å²) in [7, 11) is 0. The summed E-state index contributed by atoms with van der Waals surface area (Å²) in [6.45, 7) is 0. The van der Waals surface area contributed by atoms with Crippen molar-refractivity contribution in [1.29, 1.82) is 0 Å². The van der Waals surface area contributed by atoms with Crippen molar-refractivity contribution in [2.45, 2.75) is 44.6 Å². The molecule has 84 valence electrons. The van der Waals surface area contributed by atoms with Gasteiger partial charge in [-0.1, -0.05) is 43.7 Å². The normalized spacial score (nSPS) is 20.4. The smallest absolute Gasteiger partial charge is 0.0932 e. The molecule has 1 aliphatic carbocycles. The zero-order chi connectivity index (χ0) is 10.7. The van der Waals surface area contributed by atoms with Crippen LogP contribution in [0.5, 0.6) is 0 Å². The van der Waals surface area contributed by atoms with Gasteiger partial charge >= 0.3 is 0 Å². The molecule has 15 heavy (non-hydrogen) atoms. The fourth-order valence-corrected chi connectivity index (χ4v) is 3.42. The van der Waals surface area contributed by atoms with E-state index in [9.17, 15) is 5.11 Å². The predicted molar refractivity (Wildman–Crippen MR) is 65.5 cm³/mol. The topological polar surface area (TPSA) is 20.2 Å². The van der Waals surface area contributed by atoms with Crippen LogP contribution in [0.15, 0.2) is 12.1 Å². The molecule has 0 spiro atoms. The maximum atomic E-state index is 10.0. The molecule has 1 aromatic rings. The summed E-state index contributed by atoms with van der Waals surface area (Å²) >= 11 is 7.35. The van der Waals surface area contributed by atoms with Gasteiger partial charge in [-0.25, -0.2) is 0 Å². The third-order valence-electron chi connectivity index (χ3n) is 3.20. The van der Waals surface area contributed by atoms with Crippen LogP contribution in [0, 0.1) is 5.92 Å². The molecule has 2 rings (SSSR count). The Labute approximate surface area is 100 Å². The number of aliphatic hydroxyl groups is 1. The summed E-state index contributed by atoms with van der Waals surface area (Å²) in [5, 5.41) is 10.0. The second kappa shape index (κ2) is 5.33. The summed E-state index contributed by atoms with van der Waals surface area (Å²) in [5.41, 5.74) is 0. The van der Waals surface area contributed by atoms with E-state index < -0.39 is 0 Å². The van der Waals surface area contributed by atoms with Crippen molar-refractivity contribution in [3.8, 4) is 0 Å². The van der Waals surface area contributed by atoms with Crippen LogP contribution >= 0.6 is 22.9 Å². The quantitative estimate of drug-likeness (QED) is 0.835. The highest BCUT2D eigenvalue weighted by Crippen LogP contribution is 2.35. The maximum Gasteiger partial charge on any atom is 0.0932 e. The summed E-state index contributed by atoms with van der Waals surface area (Å²) in [4.78, 5) is 1.02. The van der Waals surface area contributed by atoms with E-state index in [1.54, 1.807) is 0 Å². The van der Waals surface area contributed by atoms with Crippen molar-refractivity contribution < 1.29 is 5.11 Å². The number of hydrogen-bond donors (Lipinski definition) is 1. The van der Waals surface area contributed by atoms with Crippen molar-refractivity contribution in [1.82, 2.24) is 0 Å². The molecule has 1 fully saturated rings. The molecule has 1 N–H and O–H groups in total. The van der Waals surface area contributed by atoms with Crippen LogP contribution in [-0.4, -0.2) is 5.11 Å². The molecule has 1 saturated carbocycles. The van der Waals surface area contributed by atoms with Crippen molar-refractivity contribution in [3.63, 3.8) is 0 Å². The summed E-state index contributed by atoms with van der Waals surface area (Å²) in [5.74, 6) is 0.717. The van der Waals surface area contributed by atoms with Crippen LogP contribution in [0.1, 0.15) is 49.5 Å². The highest BCUT2D eigenvalue weighted by molar-refractivity contribution is 7.16. The SMILES string of the molecule is OC(CC1CCCCC1)c1ccc(Cl)s1. The number of rotatable bonds is 3. The second-order valence-corrected chi connectivity index (χ2v) is 6.14. The number of aliphatic hydroxyl groups excluding tert-OH is 1. The van der Waals surface area contributed by atoms with E-state index in [2.05, 4.69) is 0 Å². The van der Waals surface area contributed by atoms with Crippen LogP contribution in [-0.2, 0) is 0 Å². The Kier molecular flexibility index (Phi) is 4.06. The average Bonchev–Trinajstić information content (AvgIpc) is 2.66. The van der Waals surface area contributed by atoms with E-state index in [-0.39, 0.29) is 6.10 Å². The van der Waals surface area contributed by atoms with Gasteiger partial charge in [0.2, 0.25) is 0 Å². The molecule has 1 heterocycles. The minimum atomic E-state index is -0.300. The minimum absolute atomic E-state index is 0.300. The number of halogens is 1. The Morgan fingerprint density at radius 2 is 2.07 bits per heavy atom. The Morgan fingerprint density at radius 1 is 1.33 bits per heavy atom. The maximum absolute atomic E-state index is 10.0. The van der Waals surface area contributed by atoms with Crippen LogP contribution in [0.3, 0.4) is 0 Å². The molecule has 1 aromatic heterocycles. The fraction of sp³-hybridized carbons (Fsp3) is 0.667. The molecule has 1 atom stereocenters. The van der Waals surface area contributed by atoms with Gasteiger partial charge < -0.3 is 5.11 Å². The molecule has 0 amide bonds. The average molecular weight is 245 g/mol. The van der Waals surface area contributed by atoms with Crippen molar-refractivity contribution in [3.05, 3.63) is 21.3 Å². The number of hydrogen-bond acceptors (Lipinski definition) is 2. The third kappa shape index (κ3) is 3.20. The first-order chi connectivity index (χ1) is 7.25. The molecule has 0 aliphatic heterocycles. The van der Waals surface area contributed by atoms with Gasteiger partial charge in [-0.05, 0) is 24.5 Å². The van der Waals surface area contributed by atoms with Crippen molar-refractivity contribution in [2.24, 2.45) is 5.92 Å². The zero-order valence-electron chi connectivity index (χ0n) is 8.79. The largest absolute Gasteiger partial charge is 0.388 e. The number of thiophene rings is 1. The standard InChI is InChI=1S/C12H17ClOS/c13-12-7-6-11(15-12)10(14)8-9-4-2-1-3-5-9/h6-7,9-10,14H,1-5,8H2. The lowest BCUT2D eigenvalue weighted by Crippen LogP contribution is -2.10. The Morgan fingerprint density at radius 3 is 2.67 bits per heavy atom. The first kappa shape index (κ1) is 11.4. The molecule has 1 aliphatic rings. The predicted octanol–water partition coefficient (Wildman–Crippen LogP) is 4.41. The second-order valence-electron chi connectivity index (χ2n) is 4.40. The molecular formula is C12H17ClOS. The molecule has 0 bridgehead atoms. The van der Waals surface area contributed by atoms with E-state index in [0.29, 0.717) is 0 Å². The molecule has 0 saturated heterocycles. The van der Waals surface area contributed by atoms with E-state index in [1.807, 2.05) is 12.1 Å². The van der Waals surface area contributed by atoms with Gasteiger partial charge in [0, 0.05) is 4.88 Å². The van der Waals surface area contributed by atoms with Gasteiger partial charge in [0.1, 0.15) is 0 Å². The third-order valence-corrected chi connectivity index (χ3v) is 4.54. The van der Waals surface area contributed by atoms with Crippen LogP contribution in [0.4, 0.5) is 0 Å². The van der Waals surface area contributed by atoms with Crippen LogP contribution in [0.25, 0.3) is 0 Å². The lowest BCUT2D eigenvalue weighted by Gasteiger charge is -2.23. The first-order valence-corrected chi connectivity index (χ1v) is 6.88. The van der Waals surface area contributed by atoms with Gasteiger partial charge in [-0.3, -0.25) is 0 Å². The van der Waals surface area contributed by atoms with E-state index >= 15 is 0 Å². The first-order valence-electron chi connectivity index (χ1n) is 5.69. The summed E-state index contributed by atoms with van der Waals surface area (Å²) < 4.78 is 0.771. The van der Waals surface area contributed by atoms with E-state index in [4.69, 9.17) is 11.6 Å². The highest BCUT2D eigenvalue weighted by atomic mass is 35.5. The van der Waals surface area contributed by atoms with Gasteiger partial charge in [0.15, 0.2) is 0 Å². The lowest BCUT2D eigenvalue weighted by atomic mass is 9.85. The van der Waals surface area contributed by atoms with E-state index in [1.165, 1.54) is 43.4 Å². The Hall–Kier alpha value is -0.0500. The monoisotopic (exact) mass is 244 g/mol. The Bertz CT molecular complexity index is 304. The van der Waals surface area contributed by atoms with E-state index in [0.717, 1.165) is 21.6 Å². The van der Waals surface area contributed by atoms with Crippen LogP contribution in [0.2, 0.25) is 4.34 Å². The molecule has 1 unspecified atom stereocenters. The van der Waals surface area contributed by atoms with Gasteiger partial charge in [-0.15, -0.1) is 11.3 Å². The summed E-state index contributed by atoms with van der Waals surface area (Å²) in [6.07, 6.45) is 7.23. The van der Waals surface area contributed by atoms with Gasteiger partial charge in [0.25, 0.3) is 0 Å². The molecular weight excluding hydrogens is 228 g/mol. The van der Waals surface area contributed by atoms with Crippen molar-refractivity contribution >= 4 is 22.9 Å². The molecule has 1 nitrogen and oxygen atoms in total. The lowest BCUT2D eigenvalue weighted by molar-refractivity contribution is 0.134. The highest BCUT2D eigenvalue weighted by Gasteiger charge is 2.19. The van der Waals surface area contributed by atoms with Crippen LogP contribution < -0.4 is 0 Å². The molecule has 0 aromatic carbocycles. The fourth-order valence-electron chi connectivity index (χ4n) is 2.36. The molecule has 0 radical (unpaired) electrons. The zero-order valence-corrected chi connectivity index (χ0v) is 10.4. The molecule has 3 heteroatoms. The Balaban J connectivity index is 1.88. The minimum Gasteiger partial charge on any atom is -0.388 e. The van der Waals surface area contributed by atoms with Crippen molar-refractivity contribution in [2.75, 3.05) is 0 Å². The van der Waals surface area contributed by atoms with Gasteiger partial charge in [0.05, 0.1) is 10.4 Å². The summed E-state index contributed by atoms with van der Waals surface area (Å²) in [6, 6.07) is 3.81.